The molecular weight excluding hydrogens is 388 g/mol. The van der Waals surface area contributed by atoms with Crippen molar-refractivity contribution in [3.8, 4) is 0 Å². The second-order valence-corrected chi connectivity index (χ2v) is 7.59. The van der Waals surface area contributed by atoms with Crippen molar-refractivity contribution in [3.05, 3.63) is 75.3 Å². The Labute approximate surface area is 176 Å². The van der Waals surface area contributed by atoms with E-state index in [-0.39, 0.29) is 25.0 Å². The van der Waals surface area contributed by atoms with Crippen LogP contribution >= 0.6 is 11.6 Å². The van der Waals surface area contributed by atoms with Crippen LogP contribution in [0.5, 0.6) is 0 Å². The van der Waals surface area contributed by atoms with Crippen LogP contribution < -0.4 is 5.32 Å². The molecule has 0 aromatic heterocycles. The van der Waals surface area contributed by atoms with E-state index in [4.69, 9.17) is 16.7 Å². The molecule has 1 heterocycles. The number of carbonyl (C=O) groups is 2. The van der Waals surface area contributed by atoms with Crippen molar-refractivity contribution >= 4 is 29.5 Å². The molecule has 1 aliphatic rings. The molecule has 0 aliphatic carbocycles. The van der Waals surface area contributed by atoms with Gasteiger partial charge in [-0.15, -0.1) is 0 Å². The molecule has 0 spiro atoms. The standard InChI is InChI=1S/C23H25ClN2O3/c1-16-14-18(2-7-21(16)22(28)25-10-13-27)15-17-8-11-26(12-9-17)23(29)19-3-5-20(24)6-4-19/h2-7,14-15,27H,8-13H2,1H3,(H,25,28). The number of piperidine rings is 1. The third-order valence-electron chi connectivity index (χ3n) is 5.05. The summed E-state index contributed by atoms with van der Waals surface area (Å²) in [6.07, 6.45) is 3.81. The van der Waals surface area contributed by atoms with E-state index in [1.807, 2.05) is 30.0 Å². The Kier molecular flexibility index (Phi) is 7.07. The summed E-state index contributed by atoms with van der Waals surface area (Å²) in [6, 6.07) is 12.7. The van der Waals surface area contributed by atoms with Crippen LogP contribution in [-0.2, 0) is 0 Å². The minimum Gasteiger partial charge on any atom is -0.395 e. The van der Waals surface area contributed by atoms with Gasteiger partial charge in [-0.05, 0) is 61.2 Å². The van der Waals surface area contributed by atoms with Gasteiger partial charge in [0.25, 0.3) is 11.8 Å². The number of hydrogen-bond acceptors (Lipinski definition) is 3. The summed E-state index contributed by atoms with van der Waals surface area (Å²) < 4.78 is 0. The summed E-state index contributed by atoms with van der Waals surface area (Å²) in [6.45, 7) is 3.45. The van der Waals surface area contributed by atoms with E-state index in [1.54, 1.807) is 24.3 Å². The number of hydrogen-bond donors (Lipinski definition) is 2. The van der Waals surface area contributed by atoms with E-state index in [9.17, 15) is 9.59 Å². The molecule has 1 aliphatic heterocycles. The molecule has 5 nitrogen and oxygen atoms in total. The Morgan fingerprint density at radius 3 is 2.45 bits per heavy atom. The Bertz CT molecular complexity index is 912. The minimum absolute atomic E-state index is 0.0369. The van der Waals surface area contributed by atoms with Crippen molar-refractivity contribution in [2.24, 2.45) is 0 Å². The zero-order valence-electron chi connectivity index (χ0n) is 16.5. The van der Waals surface area contributed by atoms with E-state index in [1.165, 1.54) is 5.57 Å². The van der Waals surface area contributed by atoms with E-state index in [0.717, 1.165) is 24.0 Å². The molecule has 1 saturated heterocycles. The molecule has 152 valence electrons. The summed E-state index contributed by atoms with van der Waals surface area (Å²) in [7, 11) is 0. The van der Waals surface area contributed by atoms with Gasteiger partial charge in [-0.2, -0.15) is 0 Å². The number of rotatable bonds is 5. The van der Waals surface area contributed by atoms with Gasteiger partial charge in [0, 0.05) is 35.8 Å². The van der Waals surface area contributed by atoms with Crippen LogP contribution in [0, 0.1) is 6.92 Å². The Balaban J connectivity index is 1.61. The Morgan fingerprint density at radius 2 is 1.83 bits per heavy atom. The number of halogens is 1. The topological polar surface area (TPSA) is 69.6 Å². The summed E-state index contributed by atoms with van der Waals surface area (Å²) in [5.74, 6) is -0.139. The van der Waals surface area contributed by atoms with Crippen LogP contribution in [0.1, 0.15) is 44.7 Å². The number of nitrogens with zero attached hydrogens (tertiary/aromatic N) is 1. The number of aliphatic hydroxyl groups excluding tert-OH is 1. The lowest BCUT2D eigenvalue weighted by Gasteiger charge is -2.28. The maximum absolute atomic E-state index is 12.6. The van der Waals surface area contributed by atoms with Gasteiger partial charge in [-0.3, -0.25) is 9.59 Å². The molecule has 0 unspecified atom stereocenters. The molecule has 2 aromatic rings. The smallest absolute Gasteiger partial charge is 0.253 e. The van der Waals surface area contributed by atoms with E-state index in [2.05, 4.69) is 11.4 Å². The van der Waals surface area contributed by atoms with Crippen LogP contribution in [0.15, 0.2) is 48.0 Å². The minimum atomic E-state index is -0.176. The largest absolute Gasteiger partial charge is 0.395 e. The first-order valence-electron chi connectivity index (χ1n) is 9.72. The molecule has 29 heavy (non-hydrogen) atoms. The highest BCUT2D eigenvalue weighted by Crippen LogP contribution is 2.22. The molecule has 2 N–H and O–H groups in total. The summed E-state index contributed by atoms with van der Waals surface area (Å²) in [5.41, 5.74) is 4.51. The van der Waals surface area contributed by atoms with E-state index < -0.39 is 0 Å². The molecule has 0 saturated carbocycles. The van der Waals surface area contributed by atoms with Gasteiger partial charge < -0.3 is 15.3 Å². The van der Waals surface area contributed by atoms with Gasteiger partial charge in [-0.25, -0.2) is 0 Å². The highest BCUT2D eigenvalue weighted by atomic mass is 35.5. The lowest BCUT2D eigenvalue weighted by molar-refractivity contribution is 0.0743. The molecule has 0 radical (unpaired) electrons. The van der Waals surface area contributed by atoms with Crippen molar-refractivity contribution in [1.29, 1.82) is 0 Å². The monoisotopic (exact) mass is 412 g/mol. The lowest BCUT2D eigenvalue weighted by Crippen LogP contribution is -2.36. The fourth-order valence-electron chi connectivity index (χ4n) is 3.45. The van der Waals surface area contributed by atoms with E-state index in [0.29, 0.717) is 29.2 Å². The maximum Gasteiger partial charge on any atom is 0.253 e. The molecule has 3 rings (SSSR count). The van der Waals surface area contributed by atoms with Crippen molar-refractivity contribution in [2.45, 2.75) is 19.8 Å². The highest BCUT2D eigenvalue weighted by molar-refractivity contribution is 6.30. The van der Waals surface area contributed by atoms with Gasteiger partial charge in [0.05, 0.1) is 6.61 Å². The Hall–Kier alpha value is -2.63. The highest BCUT2D eigenvalue weighted by Gasteiger charge is 2.20. The van der Waals surface area contributed by atoms with Gasteiger partial charge >= 0.3 is 0 Å². The number of aliphatic hydroxyl groups is 1. The molecular formula is C23H25ClN2O3. The van der Waals surface area contributed by atoms with Crippen LogP contribution in [0.3, 0.4) is 0 Å². The predicted octanol–water partition coefficient (Wildman–Crippen LogP) is 3.69. The first kappa shape index (κ1) is 21.1. The summed E-state index contributed by atoms with van der Waals surface area (Å²) in [5, 5.41) is 12.1. The number of likely N-dealkylation sites (tertiary alicyclic amines) is 1. The summed E-state index contributed by atoms with van der Waals surface area (Å²) in [4.78, 5) is 26.6. The van der Waals surface area contributed by atoms with Gasteiger partial charge in [0.1, 0.15) is 0 Å². The van der Waals surface area contributed by atoms with Gasteiger partial charge in [0.15, 0.2) is 0 Å². The number of benzene rings is 2. The normalized spacial score (nSPS) is 13.9. The average molecular weight is 413 g/mol. The third-order valence-corrected chi connectivity index (χ3v) is 5.30. The first-order valence-corrected chi connectivity index (χ1v) is 10.1. The van der Waals surface area contributed by atoms with E-state index >= 15 is 0 Å². The zero-order valence-corrected chi connectivity index (χ0v) is 17.2. The molecule has 2 amide bonds. The van der Waals surface area contributed by atoms with Crippen LogP contribution in [0.25, 0.3) is 6.08 Å². The van der Waals surface area contributed by atoms with Crippen molar-refractivity contribution in [1.82, 2.24) is 10.2 Å². The number of nitrogens with one attached hydrogen (secondary N) is 1. The van der Waals surface area contributed by atoms with Crippen molar-refractivity contribution in [3.63, 3.8) is 0 Å². The average Bonchev–Trinajstić information content (AvgIpc) is 2.73. The molecule has 1 fully saturated rings. The quantitative estimate of drug-likeness (QED) is 0.786. The van der Waals surface area contributed by atoms with Gasteiger partial charge in [0.2, 0.25) is 0 Å². The second-order valence-electron chi connectivity index (χ2n) is 7.16. The van der Waals surface area contributed by atoms with Crippen LogP contribution in [0.4, 0.5) is 0 Å². The number of amides is 2. The lowest BCUT2D eigenvalue weighted by atomic mass is 9.98. The Morgan fingerprint density at radius 1 is 1.14 bits per heavy atom. The fraction of sp³-hybridized carbons (Fsp3) is 0.304. The predicted molar refractivity (Wildman–Crippen MR) is 115 cm³/mol. The van der Waals surface area contributed by atoms with Crippen molar-refractivity contribution in [2.75, 3.05) is 26.2 Å². The van der Waals surface area contributed by atoms with Crippen molar-refractivity contribution < 1.29 is 14.7 Å². The van der Waals surface area contributed by atoms with Gasteiger partial charge in [-0.1, -0.05) is 35.4 Å². The number of aryl methyl sites for hydroxylation is 1. The summed E-state index contributed by atoms with van der Waals surface area (Å²) >= 11 is 5.89. The SMILES string of the molecule is Cc1cc(C=C2CCN(C(=O)c3ccc(Cl)cc3)CC2)ccc1C(=O)NCCO. The van der Waals surface area contributed by atoms with Crippen LogP contribution in [0.2, 0.25) is 5.02 Å². The number of carbonyl (C=O) groups excluding carboxylic acids is 2. The molecule has 2 aromatic carbocycles. The first-order chi connectivity index (χ1) is 14.0. The molecule has 0 atom stereocenters. The maximum atomic E-state index is 12.6. The second kappa shape index (κ2) is 9.72. The third kappa shape index (κ3) is 5.46. The molecule has 6 heteroatoms. The molecule has 0 bridgehead atoms. The zero-order chi connectivity index (χ0) is 20.8. The van der Waals surface area contributed by atoms with Crippen LogP contribution in [-0.4, -0.2) is 48.1 Å². The fourth-order valence-corrected chi connectivity index (χ4v) is 3.57.